The standard InChI is InChI=1S/C13H19NO2/c1-5-12-8-11(6-7-13(12)16-4)9-14(3)10(2)15/h6-8H,5,9H2,1-4H3. The summed E-state index contributed by atoms with van der Waals surface area (Å²) < 4.78 is 5.26. The maximum absolute atomic E-state index is 11.1. The minimum absolute atomic E-state index is 0.0777. The van der Waals surface area contributed by atoms with E-state index in [1.807, 2.05) is 12.1 Å². The second-order valence-electron chi connectivity index (χ2n) is 3.87. The molecular formula is C13H19NO2. The minimum atomic E-state index is 0.0777. The highest BCUT2D eigenvalue weighted by molar-refractivity contribution is 5.72. The molecular weight excluding hydrogens is 202 g/mol. The van der Waals surface area contributed by atoms with Gasteiger partial charge in [-0.2, -0.15) is 0 Å². The van der Waals surface area contributed by atoms with E-state index in [4.69, 9.17) is 4.74 Å². The number of hydrogen-bond donors (Lipinski definition) is 0. The zero-order chi connectivity index (χ0) is 12.1. The Labute approximate surface area is 97.0 Å². The molecule has 0 heterocycles. The third-order valence-electron chi connectivity index (χ3n) is 2.68. The molecule has 0 aliphatic heterocycles. The van der Waals surface area contributed by atoms with Crippen molar-refractivity contribution in [1.82, 2.24) is 4.90 Å². The molecule has 3 nitrogen and oxygen atoms in total. The Balaban J connectivity index is 2.86. The van der Waals surface area contributed by atoms with Gasteiger partial charge in [-0.25, -0.2) is 0 Å². The number of amides is 1. The number of carbonyl (C=O) groups excluding carboxylic acids is 1. The molecule has 0 fully saturated rings. The van der Waals surface area contributed by atoms with Crippen LogP contribution in [-0.2, 0) is 17.8 Å². The van der Waals surface area contributed by atoms with Crippen molar-refractivity contribution in [3.05, 3.63) is 29.3 Å². The fraction of sp³-hybridized carbons (Fsp3) is 0.462. The molecule has 3 heteroatoms. The van der Waals surface area contributed by atoms with Crippen LogP contribution in [-0.4, -0.2) is 25.0 Å². The second kappa shape index (κ2) is 5.54. The van der Waals surface area contributed by atoms with Gasteiger partial charge in [0.2, 0.25) is 5.91 Å². The molecule has 0 unspecified atom stereocenters. The van der Waals surface area contributed by atoms with Gasteiger partial charge in [0.1, 0.15) is 5.75 Å². The fourth-order valence-corrected chi connectivity index (χ4v) is 1.59. The third-order valence-corrected chi connectivity index (χ3v) is 2.68. The summed E-state index contributed by atoms with van der Waals surface area (Å²) in [5.41, 5.74) is 2.31. The van der Waals surface area contributed by atoms with Crippen LogP contribution in [0.25, 0.3) is 0 Å². The van der Waals surface area contributed by atoms with Crippen LogP contribution in [0.1, 0.15) is 25.0 Å². The van der Waals surface area contributed by atoms with Crippen molar-refractivity contribution in [1.29, 1.82) is 0 Å². The van der Waals surface area contributed by atoms with E-state index in [0.717, 1.165) is 17.7 Å². The average molecular weight is 221 g/mol. The fourth-order valence-electron chi connectivity index (χ4n) is 1.59. The lowest BCUT2D eigenvalue weighted by Gasteiger charge is -2.16. The van der Waals surface area contributed by atoms with Crippen LogP contribution in [0.2, 0.25) is 0 Å². The van der Waals surface area contributed by atoms with E-state index in [0.29, 0.717) is 6.54 Å². The SMILES string of the molecule is CCc1cc(CN(C)C(C)=O)ccc1OC. The smallest absolute Gasteiger partial charge is 0.219 e. The van der Waals surface area contributed by atoms with E-state index in [1.165, 1.54) is 5.56 Å². The third kappa shape index (κ3) is 2.99. The molecule has 16 heavy (non-hydrogen) atoms. The number of hydrogen-bond acceptors (Lipinski definition) is 2. The first-order chi connectivity index (χ1) is 7.58. The van der Waals surface area contributed by atoms with Crippen molar-refractivity contribution in [3.63, 3.8) is 0 Å². The normalized spacial score (nSPS) is 10.0. The summed E-state index contributed by atoms with van der Waals surface area (Å²) in [5.74, 6) is 0.991. The maximum atomic E-state index is 11.1. The molecule has 0 spiro atoms. The molecule has 0 atom stereocenters. The lowest BCUT2D eigenvalue weighted by Crippen LogP contribution is -2.23. The quantitative estimate of drug-likeness (QED) is 0.780. The summed E-state index contributed by atoms with van der Waals surface area (Å²) in [6.07, 6.45) is 0.931. The van der Waals surface area contributed by atoms with Gasteiger partial charge in [0.25, 0.3) is 0 Å². The zero-order valence-electron chi connectivity index (χ0n) is 10.4. The summed E-state index contributed by atoms with van der Waals surface area (Å²) in [6.45, 7) is 4.31. The molecule has 0 saturated heterocycles. The highest BCUT2D eigenvalue weighted by Gasteiger charge is 2.06. The number of ether oxygens (including phenoxy) is 1. The van der Waals surface area contributed by atoms with Crippen LogP contribution < -0.4 is 4.74 Å². The van der Waals surface area contributed by atoms with Gasteiger partial charge >= 0.3 is 0 Å². The molecule has 0 N–H and O–H groups in total. The Bertz CT molecular complexity index is 374. The predicted molar refractivity (Wildman–Crippen MR) is 64.5 cm³/mol. The zero-order valence-corrected chi connectivity index (χ0v) is 10.4. The highest BCUT2D eigenvalue weighted by atomic mass is 16.5. The van der Waals surface area contributed by atoms with Gasteiger partial charge in [-0.15, -0.1) is 0 Å². The summed E-state index contributed by atoms with van der Waals surface area (Å²) in [4.78, 5) is 12.8. The highest BCUT2D eigenvalue weighted by Crippen LogP contribution is 2.20. The Morgan fingerprint density at radius 2 is 2.12 bits per heavy atom. The molecule has 0 saturated carbocycles. The first-order valence-electron chi connectivity index (χ1n) is 5.46. The largest absolute Gasteiger partial charge is 0.496 e. The molecule has 0 aliphatic carbocycles. The molecule has 0 aromatic heterocycles. The van der Waals surface area contributed by atoms with Gasteiger partial charge < -0.3 is 9.64 Å². The van der Waals surface area contributed by atoms with Crippen molar-refractivity contribution >= 4 is 5.91 Å². The van der Waals surface area contributed by atoms with Crippen LogP contribution >= 0.6 is 0 Å². The Kier molecular flexibility index (Phi) is 4.35. The molecule has 1 rings (SSSR count). The number of aryl methyl sites for hydroxylation is 1. The van der Waals surface area contributed by atoms with Crippen molar-refractivity contribution in [2.24, 2.45) is 0 Å². The molecule has 0 bridgehead atoms. The number of benzene rings is 1. The number of nitrogens with zero attached hydrogens (tertiary/aromatic N) is 1. The summed E-state index contributed by atoms with van der Waals surface area (Å²) >= 11 is 0. The van der Waals surface area contributed by atoms with Crippen LogP contribution in [0.4, 0.5) is 0 Å². The van der Waals surface area contributed by atoms with Gasteiger partial charge in [0, 0.05) is 20.5 Å². The van der Waals surface area contributed by atoms with E-state index >= 15 is 0 Å². The first-order valence-corrected chi connectivity index (χ1v) is 5.46. The van der Waals surface area contributed by atoms with Crippen molar-refractivity contribution in [2.45, 2.75) is 26.8 Å². The number of carbonyl (C=O) groups is 1. The van der Waals surface area contributed by atoms with E-state index < -0.39 is 0 Å². The first kappa shape index (κ1) is 12.6. The predicted octanol–water partition coefficient (Wildman–Crippen LogP) is 2.24. The van der Waals surface area contributed by atoms with E-state index in [1.54, 1.807) is 26.0 Å². The average Bonchev–Trinajstić information content (AvgIpc) is 2.28. The van der Waals surface area contributed by atoms with E-state index in [-0.39, 0.29) is 5.91 Å². The molecule has 88 valence electrons. The van der Waals surface area contributed by atoms with Gasteiger partial charge in [-0.1, -0.05) is 19.1 Å². The molecule has 0 radical (unpaired) electrons. The monoisotopic (exact) mass is 221 g/mol. The van der Waals surface area contributed by atoms with E-state index in [9.17, 15) is 4.79 Å². The summed E-state index contributed by atoms with van der Waals surface area (Å²) in [7, 11) is 3.48. The van der Waals surface area contributed by atoms with Crippen LogP contribution in [0.5, 0.6) is 5.75 Å². The van der Waals surface area contributed by atoms with Crippen molar-refractivity contribution < 1.29 is 9.53 Å². The molecule has 1 aromatic rings. The number of rotatable bonds is 4. The molecule has 1 aromatic carbocycles. The lowest BCUT2D eigenvalue weighted by atomic mass is 10.1. The topological polar surface area (TPSA) is 29.5 Å². The van der Waals surface area contributed by atoms with E-state index in [2.05, 4.69) is 13.0 Å². The summed E-state index contributed by atoms with van der Waals surface area (Å²) in [6, 6.07) is 6.05. The van der Waals surface area contributed by atoms with Crippen LogP contribution in [0.15, 0.2) is 18.2 Å². The minimum Gasteiger partial charge on any atom is -0.496 e. The molecule has 1 amide bonds. The van der Waals surface area contributed by atoms with Crippen molar-refractivity contribution in [3.8, 4) is 5.75 Å². The van der Waals surface area contributed by atoms with Gasteiger partial charge in [0.15, 0.2) is 0 Å². The van der Waals surface area contributed by atoms with Crippen LogP contribution in [0, 0.1) is 0 Å². The van der Waals surface area contributed by atoms with Crippen LogP contribution in [0.3, 0.4) is 0 Å². The molecule has 0 aliphatic rings. The second-order valence-corrected chi connectivity index (χ2v) is 3.87. The van der Waals surface area contributed by atoms with Gasteiger partial charge in [0.05, 0.1) is 7.11 Å². The number of methoxy groups -OCH3 is 1. The van der Waals surface area contributed by atoms with Gasteiger partial charge in [-0.3, -0.25) is 4.79 Å². The summed E-state index contributed by atoms with van der Waals surface area (Å²) in [5, 5.41) is 0. The maximum Gasteiger partial charge on any atom is 0.219 e. The lowest BCUT2D eigenvalue weighted by molar-refractivity contribution is -0.128. The Morgan fingerprint density at radius 3 is 2.62 bits per heavy atom. The van der Waals surface area contributed by atoms with Crippen molar-refractivity contribution in [2.75, 3.05) is 14.2 Å². The Hall–Kier alpha value is -1.51. The van der Waals surface area contributed by atoms with Gasteiger partial charge in [-0.05, 0) is 23.6 Å². The Morgan fingerprint density at radius 1 is 1.44 bits per heavy atom.